The van der Waals surface area contributed by atoms with E-state index < -0.39 is 6.10 Å². The Bertz CT molecular complexity index is 1110. The van der Waals surface area contributed by atoms with E-state index in [4.69, 9.17) is 4.98 Å². The maximum absolute atomic E-state index is 11.0. The smallest absolute Gasteiger partial charge is 0.269 e. The molecule has 1 atom stereocenters. The fourth-order valence-corrected chi connectivity index (χ4v) is 4.52. The van der Waals surface area contributed by atoms with Crippen LogP contribution in [0.1, 0.15) is 28.2 Å². The van der Waals surface area contributed by atoms with Crippen LogP contribution in [0.5, 0.6) is 0 Å². The summed E-state index contributed by atoms with van der Waals surface area (Å²) in [7, 11) is 0. The van der Waals surface area contributed by atoms with Crippen molar-refractivity contribution in [2.75, 3.05) is 37.6 Å². The summed E-state index contributed by atoms with van der Waals surface area (Å²) < 4.78 is 0. The fourth-order valence-electron chi connectivity index (χ4n) is 4.52. The van der Waals surface area contributed by atoms with Gasteiger partial charge in [-0.05, 0) is 31.4 Å². The van der Waals surface area contributed by atoms with Gasteiger partial charge in [-0.25, -0.2) is 9.97 Å². The van der Waals surface area contributed by atoms with E-state index in [2.05, 4.69) is 14.8 Å². The van der Waals surface area contributed by atoms with Crippen molar-refractivity contribution in [1.29, 1.82) is 0 Å². The number of nitrogens with zero attached hydrogens (tertiary/aromatic N) is 5. The number of nitro groups is 1. The molecule has 2 heterocycles. The second-order valence-electron chi connectivity index (χ2n) is 8.89. The summed E-state index contributed by atoms with van der Waals surface area (Å²) in [5.41, 5.74) is 4.21. The lowest BCUT2D eigenvalue weighted by Gasteiger charge is -2.37. The first-order chi connectivity index (χ1) is 16.4. The molecule has 4 rings (SSSR count). The molecule has 34 heavy (non-hydrogen) atoms. The Morgan fingerprint density at radius 1 is 0.971 bits per heavy atom. The fraction of sp³-hybridized carbons (Fsp3) is 0.385. The number of anilines is 1. The van der Waals surface area contributed by atoms with E-state index in [0.717, 1.165) is 60.2 Å². The highest BCUT2D eigenvalue weighted by Crippen LogP contribution is 2.26. The van der Waals surface area contributed by atoms with Gasteiger partial charge in [-0.1, -0.05) is 42.5 Å². The molecule has 1 unspecified atom stereocenters. The van der Waals surface area contributed by atoms with Crippen LogP contribution in [0.15, 0.2) is 54.6 Å². The van der Waals surface area contributed by atoms with E-state index in [0.29, 0.717) is 19.4 Å². The Hall–Kier alpha value is -3.36. The maximum Gasteiger partial charge on any atom is 0.269 e. The predicted octanol–water partition coefficient (Wildman–Crippen LogP) is 3.32. The number of hydrogen-bond donors (Lipinski definition) is 1. The lowest BCUT2D eigenvalue weighted by atomic mass is 10.0. The molecule has 1 aromatic heterocycles. The first-order valence-corrected chi connectivity index (χ1v) is 11.7. The zero-order valence-electron chi connectivity index (χ0n) is 19.7. The molecule has 1 aliphatic rings. The third-order valence-electron chi connectivity index (χ3n) is 6.29. The van der Waals surface area contributed by atoms with E-state index in [1.807, 2.05) is 44.2 Å². The van der Waals surface area contributed by atoms with Crippen LogP contribution in [0.2, 0.25) is 0 Å². The molecule has 8 nitrogen and oxygen atoms in total. The second kappa shape index (κ2) is 10.7. The number of non-ortho nitro benzene ring substituents is 1. The topological polar surface area (TPSA) is 95.6 Å². The van der Waals surface area contributed by atoms with Crippen molar-refractivity contribution in [3.63, 3.8) is 0 Å². The number of aryl methyl sites for hydroxylation is 2. The number of β-amino-alcohol motifs (C(OH)–C–C–N with tert-alkyl or cyclic N) is 1. The standard InChI is InChI=1S/C26H31N5O3/c1-19-25(17-22-8-10-23(11-9-22)31(33)34)26(28-20(2)27-19)30-14-12-29(13-15-30)18-24(32)16-21-6-4-3-5-7-21/h3-11,24,32H,12-18H2,1-2H3. The number of piperazine rings is 1. The van der Waals surface area contributed by atoms with E-state index >= 15 is 0 Å². The highest BCUT2D eigenvalue weighted by Gasteiger charge is 2.23. The number of aliphatic hydroxyl groups is 1. The largest absolute Gasteiger partial charge is 0.391 e. The third kappa shape index (κ3) is 5.95. The van der Waals surface area contributed by atoms with E-state index in [1.54, 1.807) is 24.3 Å². The molecule has 0 amide bonds. The van der Waals surface area contributed by atoms with Crippen molar-refractivity contribution < 1.29 is 10.0 Å². The second-order valence-corrected chi connectivity index (χ2v) is 8.89. The monoisotopic (exact) mass is 461 g/mol. The van der Waals surface area contributed by atoms with Crippen molar-refractivity contribution >= 4 is 11.5 Å². The summed E-state index contributed by atoms with van der Waals surface area (Å²) >= 11 is 0. The molecule has 1 aliphatic heterocycles. The van der Waals surface area contributed by atoms with Crippen molar-refractivity contribution in [1.82, 2.24) is 14.9 Å². The molecular formula is C26H31N5O3. The predicted molar refractivity (Wildman–Crippen MR) is 132 cm³/mol. The Morgan fingerprint density at radius 2 is 1.65 bits per heavy atom. The number of aromatic nitrogens is 2. The normalized spacial score (nSPS) is 15.3. The molecule has 2 aromatic carbocycles. The SMILES string of the molecule is Cc1nc(C)c(Cc2ccc([N+](=O)[O-])cc2)c(N2CCN(CC(O)Cc3ccccc3)CC2)n1. The highest BCUT2D eigenvalue weighted by molar-refractivity contribution is 5.52. The molecule has 3 aromatic rings. The van der Waals surface area contributed by atoms with Crippen LogP contribution in [0.3, 0.4) is 0 Å². The zero-order chi connectivity index (χ0) is 24.1. The van der Waals surface area contributed by atoms with Crippen LogP contribution in [-0.4, -0.2) is 63.7 Å². The van der Waals surface area contributed by atoms with Crippen molar-refractivity contribution in [3.8, 4) is 0 Å². The van der Waals surface area contributed by atoms with Gasteiger partial charge >= 0.3 is 0 Å². The van der Waals surface area contributed by atoms with Gasteiger partial charge in [-0.15, -0.1) is 0 Å². The number of rotatable bonds is 8. The summed E-state index contributed by atoms with van der Waals surface area (Å²) in [4.78, 5) is 24.5. The van der Waals surface area contributed by atoms with Gasteiger partial charge < -0.3 is 10.0 Å². The Morgan fingerprint density at radius 3 is 2.29 bits per heavy atom. The molecule has 178 valence electrons. The van der Waals surface area contributed by atoms with Gasteiger partial charge in [0.25, 0.3) is 5.69 Å². The number of nitro benzene ring substituents is 1. The summed E-state index contributed by atoms with van der Waals surface area (Å²) in [5.74, 6) is 1.67. The van der Waals surface area contributed by atoms with Crippen molar-refractivity contribution in [2.24, 2.45) is 0 Å². The quantitative estimate of drug-likeness (QED) is 0.406. The van der Waals surface area contributed by atoms with Crippen LogP contribution in [0.4, 0.5) is 11.5 Å². The molecule has 1 fully saturated rings. The molecule has 0 saturated carbocycles. The minimum Gasteiger partial charge on any atom is -0.391 e. The van der Waals surface area contributed by atoms with Gasteiger partial charge in [0.1, 0.15) is 11.6 Å². The van der Waals surface area contributed by atoms with Crippen LogP contribution < -0.4 is 4.90 Å². The zero-order valence-corrected chi connectivity index (χ0v) is 19.7. The van der Waals surface area contributed by atoms with Crippen LogP contribution in [0, 0.1) is 24.0 Å². The van der Waals surface area contributed by atoms with Gasteiger partial charge in [-0.3, -0.25) is 15.0 Å². The lowest BCUT2D eigenvalue weighted by molar-refractivity contribution is -0.384. The van der Waals surface area contributed by atoms with Crippen LogP contribution >= 0.6 is 0 Å². The van der Waals surface area contributed by atoms with Crippen molar-refractivity contribution in [2.45, 2.75) is 32.8 Å². The van der Waals surface area contributed by atoms with E-state index in [9.17, 15) is 15.2 Å². The molecule has 0 spiro atoms. The van der Waals surface area contributed by atoms with Gasteiger partial charge in [0.2, 0.25) is 0 Å². The first-order valence-electron chi connectivity index (χ1n) is 11.7. The Balaban J connectivity index is 1.41. The van der Waals surface area contributed by atoms with Crippen molar-refractivity contribution in [3.05, 3.63) is 92.9 Å². The summed E-state index contributed by atoms with van der Waals surface area (Å²) in [6, 6.07) is 16.8. The molecule has 0 radical (unpaired) electrons. The molecule has 1 N–H and O–H groups in total. The summed E-state index contributed by atoms with van der Waals surface area (Å²) in [6.07, 6.45) is 0.885. The van der Waals surface area contributed by atoms with Crippen LogP contribution in [-0.2, 0) is 12.8 Å². The summed E-state index contributed by atoms with van der Waals surface area (Å²) in [5, 5.41) is 21.5. The number of hydrogen-bond acceptors (Lipinski definition) is 7. The van der Waals surface area contributed by atoms with Gasteiger partial charge in [0, 0.05) is 62.5 Å². The molecule has 1 saturated heterocycles. The van der Waals surface area contributed by atoms with Gasteiger partial charge in [0.15, 0.2) is 0 Å². The lowest BCUT2D eigenvalue weighted by Crippen LogP contribution is -2.49. The number of benzene rings is 2. The molecular weight excluding hydrogens is 430 g/mol. The Kier molecular flexibility index (Phi) is 7.49. The minimum absolute atomic E-state index is 0.0893. The van der Waals surface area contributed by atoms with Gasteiger partial charge in [-0.2, -0.15) is 0 Å². The average molecular weight is 462 g/mol. The molecule has 0 aliphatic carbocycles. The maximum atomic E-state index is 11.0. The first kappa shape index (κ1) is 23.8. The van der Waals surface area contributed by atoms with Crippen LogP contribution in [0.25, 0.3) is 0 Å². The molecule has 0 bridgehead atoms. The van der Waals surface area contributed by atoms with Gasteiger partial charge in [0.05, 0.1) is 11.0 Å². The molecule has 8 heteroatoms. The van der Waals surface area contributed by atoms with E-state index in [-0.39, 0.29) is 10.6 Å². The average Bonchev–Trinajstić information content (AvgIpc) is 2.82. The third-order valence-corrected chi connectivity index (χ3v) is 6.29. The highest BCUT2D eigenvalue weighted by atomic mass is 16.6. The van der Waals surface area contributed by atoms with E-state index in [1.165, 1.54) is 0 Å². The Labute approximate surface area is 200 Å². The minimum atomic E-state index is -0.393. The number of aliphatic hydroxyl groups excluding tert-OH is 1. The summed E-state index contributed by atoms with van der Waals surface area (Å²) in [6.45, 7) is 7.90.